The lowest BCUT2D eigenvalue weighted by Crippen LogP contribution is -2.44. The molecule has 0 aromatic heterocycles. The van der Waals surface area contributed by atoms with Crippen LogP contribution < -0.4 is 5.73 Å². The summed E-state index contributed by atoms with van der Waals surface area (Å²) in [6, 6.07) is 0. The van der Waals surface area contributed by atoms with Crippen LogP contribution in [-0.4, -0.2) is 30.9 Å². The van der Waals surface area contributed by atoms with Crippen LogP contribution in [0.2, 0.25) is 0 Å². The molecule has 0 heterocycles. The molecule has 0 radical (unpaired) electrons. The molecule has 0 unspecified atom stereocenters. The van der Waals surface area contributed by atoms with Crippen molar-refractivity contribution in [1.82, 2.24) is 4.90 Å². The highest BCUT2D eigenvalue weighted by Gasteiger charge is 2.28. The second kappa shape index (κ2) is 5.71. The summed E-state index contributed by atoms with van der Waals surface area (Å²) in [6.45, 7) is 11.2. The summed E-state index contributed by atoms with van der Waals surface area (Å²) in [4.78, 5) is 13.6. The van der Waals surface area contributed by atoms with Crippen molar-refractivity contribution in [3.05, 3.63) is 0 Å². The summed E-state index contributed by atoms with van der Waals surface area (Å²) in [5.41, 5.74) is 5.32. The molecule has 0 rings (SSSR count). The van der Waals surface area contributed by atoms with Gasteiger partial charge in [-0.2, -0.15) is 0 Å². The van der Waals surface area contributed by atoms with Crippen LogP contribution in [0.3, 0.4) is 0 Å². The average molecular weight is 237 g/mol. The predicted octanol–water partition coefficient (Wildman–Crippen LogP) is 1.90. The minimum absolute atomic E-state index is 0. The second-order valence-corrected chi connectivity index (χ2v) is 5.78. The molecule has 0 saturated carbocycles. The number of amides is 1. The van der Waals surface area contributed by atoms with Gasteiger partial charge in [-0.05, 0) is 12.0 Å². The van der Waals surface area contributed by atoms with Crippen LogP contribution in [-0.2, 0) is 4.79 Å². The van der Waals surface area contributed by atoms with E-state index in [9.17, 15) is 4.79 Å². The van der Waals surface area contributed by atoms with Crippen molar-refractivity contribution in [2.24, 2.45) is 16.6 Å². The fourth-order valence-corrected chi connectivity index (χ4v) is 1.35. The van der Waals surface area contributed by atoms with Gasteiger partial charge in [-0.3, -0.25) is 4.79 Å². The summed E-state index contributed by atoms with van der Waals surface area (Å²) in [5, 5.41) is 0. The molecule has 0 aliphatic heterocycles. The lowest BCUT2D eigenvalue weighted by atomic mass is 9.90. The van der Waals surface area contributed by atoms with E-state index in [4.69, 9.17) is 5.73 Å². The van der Waals surface area contributed by atoms with Gasteiger partial charge in [-0.25, -0.2) is 0 Å². The molecule has 3 nitrogen and oxygen atoms in total. The first-order valence-corrected chi connectivity index (χ1v) is 5.06. The molecular formula is C11H25ClN2O. The standard InChI is InChI=1S/C11H24N2O.ClH/c1-10(2,3)9(14)13(6)8-11(4,5)7-12;/h7-8,12H2,1-6H3;1H. The van der Waals surface area contributed by atoms with E-state index < -0.39 is 0 Å². The van der Waals surface area contributed by atoms with Gasteiger partial charge in [0.2, 0.25) is 5.91 Å². The smallest absolute Gasteiger partial charge is 0.227 e. The van der Waals surface area contributed by atoms with E-state index in [2.05, 4.69) is 13.8 Å². The normalized spacial score (nSPS) is 11.9. The molecule has 4 heteroatoms. The van der Waals surface area contributed by atoms with E-state index in [-0.39, 0.29) is 29.1 Å². The predicted molar refractivity (Wildman–Crippen MR) is 67.2 cm³/mol. The van der Waals surface area contributed by atoms with Gasteiger partial charge < -0.3 is 10.6 Å². The zero-order valence-electron chi connectivity index (χ0n) is 10.8. The van der Waals surface area contributed by atoms with Crippen molar-refractivity contribution in [2.45, 2.75) is 34.6 Å². The minimum Gasteiger partial charge on any atom is -0.345 e. The third-order valence-corrected chi connectivity index (χ3v) is 2.21. The molecule has 0 aromatic carbocycles. The van der Waals surface area contributed by atoms with Gasteiger partial charge in [0, 0.05) is 19.0 Å². The molecule has 0 saturated heterocycles. The first kappa shape index (κ1) is 17.1. The monoisotopic (exact) mass is 236 g/mol. The van der Waals surface area contributed by atoms with Crippen molar-refractivity contribution >= 4 is 18.3 Å². The van der Waals surface area contributed by atoms with Crippen LogP contribution in [0, 0.1) is 10.8 Å². The molecule has 0 aromatic rings. The number of nitrogens with two attached hydrogens (primary N) is 1. The molecule has 15 heavy (non-hydrogen) atoms. The van der Waals surface area contributed by atoms with Gasteiger partial charge in [0.1, 0.15) is 0 Å². The number of carbonyl (C=O) groups is 1. The number of halogens is 1. The summed E-state index contributed by atoms with van der Waals surface area (Å²) in [5.74, 6) is 0.166. The summed E-state index contributed by atoms with van der Waals surface area (Å²) < 4.78 is 0. The fraction of sp³-hybridized carbons (Fsp3) is 0.909. The van der Waals surface area contributed by atoms with Gasteiger partial charge in [-0.1, -0.05) is 34.6 Å². The van der Waals surface area contributed by atoms with Crippen LogP contribution in [0.4, 0.5) is 0 Å². The van der Waals surface area contributed by atoms with Crippen molar-refractivity contribution in [2.75, 3.05) is 20.1 Å². The molecule has 0 spiro atoms. The lowest BCUT2D eigenvalue weighted by Gasteiger charge is -2.32. The number of nitrogens with zero attached hydrogens (tertiary/aromatic N) is 1. The Morgan fingerprint density at radius 2 is 1.60 bits per heavy atom. The van der Waals surface area contributed by atoms with Crippen LogP contribution in [0.25, 0.3) is 0 Å². The summed E-state index contributed by atoms with van der Waals surface area (Å²) in [6.07, 6.45) is 0. The molecule has 0 atom stereocenters. The molecule has 0 aliphatic carbocycles. The molecule has 2 N–H and O–H groups in total. The third-order valence-electron chi connectivity index (χ3n) is 2.21. The minimum atomic E-state index is -0.306. The number of hydrogen-bond donors (Lipinski definition) is 1. The highest BCUT2D eigenvalue weighted by molar-refractivity contribution is 5.85. The Balaban J connectivity index is 0. The summed E-state index contributed by atoms with van der Waals surface area (Å²) >= 11 is 0. The van der Waals surface area contributed by atoms with Crippen LogP contribution in [0.5, 0.6) is 0 Å². The average Bonchev–Trinajstić information content (AvgIpc) is 2.00. The van der Waals surface area contributed by atoms with Gasteiger partial charge >= 0.3 is 0 Å². The first-order valence-electron chi connectivity index (χ1n) is 5.06. The van der Waals surface area contributed by atoms with Crippen molar-refractivity contribution < 1.29 is 4.79 Å². The Morgan fingerprint density at radius 1 is 1.20 bits per heavy atom. The van der Waals surface area contributed by atoms with E-state index in [1.165, 1.54) is 0 Å². The van der Waals surface area contributed by atoms with Crippen LogP contribution in [0.15, 0.2) is 0 Å². The fourth-order valence-electron chi connectivity index (χ4n) is 1.35. The third kappa shape index (κ3) is 6.00. The Kier molecular flexibility index (Phi) is 6.52. The quantitative estimate of drug-likeness (QED) is 0.814. The number of carbonyl (C=O) groups excluding carboxylic acids is 1. The van der Waals surface area contributed by atoms with E-state index in [0.717, 1.165) is 0 Å². The maximum absolute atomic E-state index is 11.8. The SMILES string of the molecule is CN(CC(C)(C)CN)C(=O)C(C)(C)C.Cl. The number of rotatable bonds is 3. The van der Waals surface area contributed by atoms with Gasteiger partial charge in [-0.15, -0.1) is 12.4 Å². The molecule has 0 fully saturated rings. The van der Waals surface area contributed by atoms with E-state index in [0.29, 0.717) is 13.1 Å². The molecule has 1 amide bonds. The Morgan fingerprint density at radius 3 is 1.87 bits per heavy atom. The van der Waals surface area contributed by atoms with Crippen molar-refractivity contribution in [3.63, 3.8) is 0 Å². The Bertz CT molecular complexity index is 209. The van der Waals surface area contributed by atoms with Gasteiger partial charge in [0.25, 0.3) is 0 Å². The van der Waals surface area contributed by atoms with Gasteiger partial charge in [0.15, 0.2) is 0 Å². The zero-order valence-corrected chi connectivity index (χ0v) is 11.6. The summed E-state index contributed by atoms with van der Waals surface area (Å²) in [7, 11) is 1.84. The maximum Gasteiger partial charge on any atom is 0.227 e. The number of hydrogen-bond acceptors (Lipinski definition) is 2. The lowest BCUT2D eigenvalue weighted by molar-refractivity contribution is -0.139. The highest BCUT2D eigenvalue weighted by atomic mass is 35.5. The second-order valence-electron chi connectivity index (χ2n) is 5.78. The van der Waals surface area contributed by atoms with Gasteiger partial charge in [0.05, 0.1) is 0 Å². The van der Waals surface area contributed by atoms with Crippen LogP contribution >= 0.6 is 12.4 Å². The molecular weight excluding hydrogens is 212 g/mol. The first-order chi connectivity index (χ1) is 6.10. The molecule has 0 bridgehead atoms. The topological polar surface area (TPSA) is 46.3 Å². The molecule has 0 aliphatic rings. The Labute approximate surface area is 99.8 Å². The van der Waals surface area contributed by atoms with Crippen LogP contribution in [0.1, 0.15) is 34.6 Å². The van der Waals surface area contributed by atoms with Crippen molar-refractivity contribution in [1.29, 1.82) is 0 Å². The van der Waals surface area contributed by atoms with E-state index in [1.807, 2.05) is 27.8 Å². The van der Waals surface area contributed by atoms with E-state index >= 15 is 0 Å². The van der Waals surface area contributed by atoms with Crippen molar-refractivity contribution in [3.8, 4) is 0 Å². The maximum atomic E-state index is 11.8. The largest absolute Gasteiger partial charge is 0.345 e. The Hall–Kier alpha value is -0.280. The highest BCUT2D eigenvalue weighted by Crippen LogP contribution is 2.20. The van der Waals surface area contributed by atoms with E-state index in [1.54, 1.807) is 4.90 Å². The zero-order chi connectivity index (χ0) is 11.6. The molecule has 92 valence electrons.